The number of fused-ring (bicyclic) bond motifs is 5. The second kappa shape index (κ2) is 11.2. The van der Waals surface area contributed by atoms with Gasteiger partial charge in [-0.25, -0.2) is 0 Å². The van der Waals surface area contributed by atoms with Crippen molar-refractivity contribution in [1.82, 2.24) is 9.88 Å². The molecule has 6 nitrogen and oxygen atoms in total. The van der Waals surface area contributed by atoms with E-state index < -0.39 is 23.9 Å². The Labute approximate surface area is 251 Å². The van der Waals surface area contributed by atoms with Crippen molar-refractivity contribution in [3.63, 3.8) is 0 Å². The first-order valence-corrected chi connectivity index (χ1v) is 18.3. The van der Waals surface area contributed by atoms with Gasteiger partial charge in [-0.05, 0) is 84.2 Å². The van der Waals surface area contributed by atoms with E-state index >= 15 is 0 Å². The van der Waals surface area contributed by atoms with Crippen molar-refractivity contribution in [3.8, 4) is 0 Å². The average Bonchev–Trinajstić information content (AvgIpc) is 3.25. The first-order valence-electron chi connectivity index (χ1n) is 15.6. The maximum atomic E-state index is 13.0. The predicted molar refractivity (Wildman–Crippen MR) is 169 cm³/mol. The van der Waals surface area contributed by atoms with E-state index in [1.165, 1.54) is 16.5 Å². The van der Waals surface area contributed by atoms with E-state index in [1.54, 1.807) is 11.9 Å². The van der Waals surface area contributed by atoms with E-state index in [1.807, 2.05) is 24.5 Å². The third-order valence-corrected chi connectivity index (χ3v) is 12.3. The molecule has 0 bridgehead atoms. The summed E-state index contributed by atoms with van der Waals surface area (Å²) in [4.78, 5) is 19.0. The summed E-state index contributed by atoms with van der Waals surface area (Å²) in [6.45, 7) is 6.80. The molecule has 0 spiro atoms. The zero-order chi connectivity index (χ0) is 29.8. The fraction of sp³-hybridized carbons (Fsp3) is 0.543. The van der Waals surface area contributed by atoms with E-state index in [0.29, 0.717) is 25.7 Å². The molecule has 1 amide bonds. The highest BCUT2D eigenvalue weighted by atomic mass is 28.3. The van der Waals surface area contributed by atoms with Gasteiger partial charge in [0.15, 0.2) is 0 Å². The number of amides is 1. The van der Waals surface area contributed by atoms with Gasteiger partial charge in [0.2, 0.25) is 5.91 Å². The van der Waals surface area contributed by atoms with E-state index in [-0.39, 0.29) is 32.0 Å². The SMILES string of the molecule is CN(C(=O)CCC[Si](C)C)[C@H]1C[C@@H]2CC[C@@]3(O)C(=CC[C@]4(C)C(c5ccc6ccncc6c5)=CCC34)C=C2[C@@H](O)[C@@H]1O. The van der Waals surface area contributed by atoms with Crippen LogP contribution >= 0.6 is 0 Å². The molecular weight excluding hydrogens is 540 g/mol. The van der Waals surface area contributed by atoms with Gasteiger partial charge < -0.3 is 20.2 Å². The Morgan fingerprint density at radius 1 is 1.17 bits per heavy atom. The first-order chi connectivity index (χ1) is 20.0. The average molecular weight is 586 g/mol. The van der Waals surface area contributed by atoms with Crippen LogP contribution in [-0.2, 0) is 4.79 Å². The number of carbonyl (C=O) groups excluding carboxylic acids is 1. The summed E-state index contributed by atoms with van der Waals surface area (Å²) < 4.78 is 0. The number of allylic oxidation sites excluding steroid dienone is 3. The molecule has 6 rings (SSSR count). The largest absolute Gasteiger partial charge is 0.388 e. The molecule has 0 saturated heterocycles. The van der Waals surface area contributed by atoms with Gasteiger partial charge in [-0.1, -0.05) is 56.4 Å². The monoisotopic (exact) mass is 585 g/mol. The zero-order valence-electron chi connectivity index (χ0n) is 25.4. The number of hydrogen-bond acceptors (Lipinski definition) is 5. The van der Waals surface area contributed by atoms with Crippen molar-refractivity contribution in [2.45, 2.75) is 94.9 Å². The lowest BCUT2D eigenvalue weighted by atomic mass is 9.58. The number of hydrogen-bond donors (Lipinski definition) is 3. The summed E-state index contributed by atoms with van der Waals surface area (Å²) in [6, 6.07) is 9.25. The molecule has 4 aliphatic carbocycles. The number of rotatable bonds is 6. The Bertz CT molecular complexity index is 1470. The van der Waals surface area contributed by atoms with Gasteiger partial charge in [-0.15, -0.1) is 0 Å². The van der Waals surface area contributed by atoms with Crippen LogP contribution in [-0.4, -0.2) is 70.8 Å². The minimum Gasteiger partial charge on any atom is -0.388 e. The van der Waals surface area contributed by atoms with E-state index in [0.717, 1.165) is 41.8 Å². The van der Waals surface area contributed by atoms with Crippen LogP contribution in [0.4, 0.5) is 0 Å². The smallest absolute Gasteiger partial charge is 0.222 e. The minimum atomic E-state index is -1.05. The Kier molecular flexibility index (Phi) is 7.84. The number of likely N-dealkylation sites (N-methyl/N-ethyl adjacent to an activating group) is 1. The Morgan fingerprint density at radius 2 is 1.98 bits per heavy atom. The van der Waals surface area contributed by atoms with Crippen molar-refractivity contribution < 1.29 is 20.1 Å². The summed E-state index contributed by atoms with van der Waals surface area (Å²) in [5.41, 5.74) is 2.93. The van der Waals surface area contributed by atoms with Crippen molar-refractivity contribution in [1.29, 1.82) is 0 Å². The molecule has 223 valence electrons. The van der Waals surface area contributed by atoms with Crippen LogP contribution in [0.25, 0.3) is 16.3 Å². The summed E-state index contributed by atoms with van der Waals surface area (Å²) in [6.07, 6.45) is 13.0. The maximum Gasteiger partial charge on any atom is 0.222 e. The molecular formula is C35H45N2O4Si. The van der Waals surface area contributed by atoms with E-state index in [2.05, 4.69) is 55.4 Å². The Morgan fingerprint density at radius 3 is 2.76 bits per heavy atom. The zero-order valence-corrected chi connectivity index (χ0v) is 26.4. The number of benzene rings is 1. The summed E-state index contributed by atoms with van der Waals surface area (Å²) in [5, 5.41) is 37.3. The molecule has 1 fully saturated rings. The lowest BCUT2D eigenvalue weighted by Gasteiger charge is -2.48. The van der Waals surface area contributed by atoms with Gasteiger partial charge in [0.05, 0.1) is 11.6 Å². The van der Waals surface area contributed by atoms with Gasteiger partial charge in [0, 0.05) is 51.4 Å². The van der Waals surface area contributed by atoms with Gasteiger partial charge in [0.25, 0.3) is 0 Å². The normalized spacial score (nSPS) is 34.1. The van der Waals surface area contributed by atoms with Crippen LogP contribution in [0.5, 0.6) is 0 Å². The molecule has 1 aromatic heterocycles. The van der Waals surface area contributed by atoms with E-state index in [9.17, 15) is 20.1 Å². The van der Waals surface area contributed by atoms with E-state index in [4.69, 9.17) is 0 Å². The number of carbonyl (C=O) groups is 1. The molecule has 7 heteroatoms. The van der Waals surface area contributed by atoms with Crippen LogP contribution in [0.1, 0.15) is 57.4 Å². The molecule has 4 aliphatic rings. The Balaban J connectivity index is 1.24. The van der Waals surface area contributed by atoms with Crippen LogP contribution in [0.15, 0.2) is 66.0 Å². The molecule has 7 atom stereocenters. The second-order valence-electron chi connectivity index (χ2n) is 13.7. The third-order valence-electron chi connectivity index (χ3n) is 10.9. The Hall–Kier alpha value is -2.58. The lowest BCUT2D eigenvalue weighted by Crippen LogP contribution is -2.54. The van der Waals surface area contributed by atoms with Gasteiger partial charge >= 0.3 is 0 Å². The van der Waals surface area contributed by atoms with Crippen LogP contribution in [0.3, 0.4) is 0 Å². The molecule has 0 aliphatic heterocycles. The summed E-state index contributed by atoms with van der Waals surface area (Å²) in [5.74, 6) is 0.0657. The highest BCUT2D eigenvalue weighted by Crippen LogP contribution is 2.61. The molecule has 1 aromatic carbocycles. The maximum absolute atomic E-state index is 13.0. The van der Waals surface area contributed by atoms with Gasteiger partial charge in [-0.2, -0.15) is 0 Å². The quantitative estimate of drug-likeness (QED) is 0.388. The van der Waals surface area contributed by atoms with Crippen molar-refractivity contribution in [3.05, 3.63) is 71.6 Å². The summed E-state index contributed by atoms with van der Waals surface area (Å²) in [7, 11) is 1.40. The molecule has 1 radical (unpaired) electrons. The van der Waals surface area contributed by atoms with Crippen molar-refractivity contribution in [2.24, 2.45) is 17.3 Å². The minimum absolute atomic E-state index is 0.00773. The van der Waals surface area contributed by atoms with Crippen molar-refractivity contribution >= 4 is 31.0 Å². The standard InChI is InChI=1S/C35H45N2O4Si/c1-34-14-12-26-20-27-23(19-29(33(40)32(27)39)37(2)31(38)6-5-17-42(3)4)11-15-35(26,41)30(34)10-9-28(34)24-8-7-22-13-16-36-21-25(22)18-24/h7-9,12-13,16,18,20-21,23,29-30,32-33,39-41H,5-6,10-11,14-15,17,19H2,1-4H3/t23-,29-,30?,32+,33+,34+,35+/m0/s1. The van der Waals surface area contributed by atoms with Crippen LogP contribution in [0.2, 0.25) is 19.1 Å². The van der Waals surface area contributed by atoms with Crippen molar-refractivity contribution in [2.75, 3.05) is 7.05 Å². The van der Waals surface area contributed by atoms with Crippen LogP contribution < -0.4 is 0 Å². The third kappa shape index (κ3) is 4.92. The fourth-order valence-electron chi connectivity index (χ4n) is 8.41. The molecule has 1 unspecified atom stereocenters. The highest BCUT2D eigenvalue weighted by Gasteiger charge is 2.56. The first kappa shape index (κ1) is 29.5. The van der Waals surface area contributed by atoms with Gasteiger partial charge in [0.1, 0.15) is 12.2 Å². The molecule has 3 N–H and O–H groups in total. The number of pyridine rings is 1. The number of aliphatic hydroxyl groups is 3. The topological polar surface area (TPSA) is 93.9 Å². The second-order valence-corrected chi connectivity index (χ2v) is 16.6. The number of aromatic nitrogens is 1. The number of nitrogens with zero attached hydrogens (tertiary/aromatic N) is 2. The molecule has 2 aromatic rings. The number of aliphatic hydroxyl groups excluding tert-OH is 2. The van der Waals surface area contributed by atoms with Crippen LogP contribution in [0, 0.1) is 17.3 Å². The fourth-order valence-corrected chi connectivity index (χ4v) is 9.30. The summed E-state index contributed by atoms with van der Waals surface area (Å²) >= 11 is 0. The highest BCUT2D eigenvalue weighted by molar-refractivity contribution is 6.55. The molecule has 1 saturated carbocycles. The predicted octanol–water partition coefficient (Wildman–Crippen LogP) is 5.53. The lowest BCUT2D eigenvalue weighted by molar-refractivity contribution is -0.138. The molecule has 1 heterocycles. The van der Waals surface area contributed by atoms with Gasteiger partial charge in [-0.3, -0.25) is 9.78 Å². The molecule has 42 heavy (non-hydrogen) atoms.